The molecule has 1 saturated heterocycles. The van der Waals surface area contributed by atoms with Crippen LogP contribution in [0.3, 0.4) is 0 Å². The van der Waals surface area contributed by atoms with Crippen molar-refractivity contribution in [3.05, 3.63) is 46.7 Å². The Morgan fingerprint density at radius 2 is 2.33 bits per heavy atom. The smallest absolute Gasteiger partial charge is 0.220 e. The van der Waals surface area contributed by atoms with Gasteiger partial charge in [-0.15, -0.1) is 0 Å². The number of rotatable bonds is 5. The first-order valence-electron chi connectivity index (χ1n) is 8.09. The van der Waals surface area contributed by atoms with Crippen LogP contribution in [0, 0.1) is 0 Å². The van der Waals surface area contributed by atoms with Crippen LogP contribution < -0.4 is 10.6 Å². The molecule has 1 aromatic carbocycles. The minimum absolute atomic E-state index is 0.0490. The van der Waals surface area contributed by atoms with Crippen molar-refractivity contribution in [3.8, 4) is 5.75 Å². The summed E-state index contributed by atoms with van der Waals surface area (Å²) in [5.41, 5.74) is 1.72. The number of halogens is 1. The van der Waals surface area contributed by atoms with Crippen LogP contribution in [-0.4, -0.2) is 26.8 Å². The largest absolute Gasteiger partial charge is 0.508 e. The molecular weight excluding hydrogens is 328 g/mol. The van der Waals surface area contributed by atoms with Gasteiger partial charge in [-0.2, -0.15) is 5.10 Å². The van der Waals surface area contributed by atoms with Gasteiger partial charge in [0.25, 0.3) is 0 Å². The number of aromatic nitrogens is 2. The van der Waals surface area contributed by atoms with Crippen molar-refractivity contribution >= 4 is 17.5 Å². The van der Waals surface area contributed by atoms with Crippen molar-refractivity contribution in [1.29, 1.82) is 0 Å². The number of carbonyl (C=O) groups excluding carboxylic acids is 1. The summed E-state index contributed by atoms with van der Waals surface area (Å²) >= 11 is 5.99. The average Bonchev–Trinajstić information content (AvgIpc) is 3.05. The zero-order valence-corrected chi connectivity index (χ0v) is 14.3. The molecule has 7 heteroatoms. The minimum atomic E-state index is -0.132. The number of hydrogen-bond donors (Lipinski definition) is 3. The molecule has 1 aromatic heterocycles. The average molecular weight is 349 g/mol. The lowest BCUT2D eigenvalue weighted by Gasteiger charge is -2.32. The molecule has 1 fully saturated rings. The number of carbonyl (C=O) groups is 1. The van der Waals surface area contributed by atoms with Gasteiger partial charge in [0.1, 0.15) is 5.75 Å². The molecule has 6 nitrogen and oxygen atoms in total. The number of amides is 1. The zero-order valence-electron chi connectivity index (χ0n) is 13.5. The van der Waals surface area contributed by atoms with E-state index < -0.39 is 0 Å². The minimum Gasteiger partial charge on any atom is -0.508 e. The van der Waals surface area contributed by atoms with Gasteiger partial charge in [-0.05, 0) is 31.5 Å². The number of nitrogens with zero attached hydrogens (tertiary/aromatic N) is 2. The van der Waals surface area contributed by atoms with Crippen molar-refractivity contribution in [1.82, 2.24) is 20.4 Å². The highest BCUT2D eigenvalue weighted by molar-refractivity contribution is 6.30. The molecule has 3 N–H and O–H groups in total. The monoisotopic (exact) mass is 348 g/mol. The van der Waals surface area contributed by atoms with Gasteiger partial charge < -0.3 is 15.7 Å². The van der Waals surface area contributed by atoms with Crippen molar-refractivity contribution in [3.63, 3.8) is 0 Å². The van der Waals surface area contributed by atoms with Crippen molar-refractivity contribution in [2.45, 2.75) is 44.9 Å². The van der Waals surface area contributed by atoms with E-state index in [0.717, 1.165) is 24.1 Å². The molecule has 0 aliphatic carbocycles. The molecule has 0 spiro atoms. The number of aromatic hydroxyl groups is 1. The van der Waals surface area contributed by atoms with Crippen LogP contribution in [0.1, 0.15) is 36.9 Å². The highest BCUT2D eigenvalue weighted by Crippen LogP contribution is 2.26. The fourth-order valence-corrected chi connectivity index (χ4v) is 3.18. The molecule has 0 radical (unpaired) electrons. The molecular formula is C17H21ClN4O2. The molecule has 2 aromatic rings. The van der Waals surface area contributed by atoms with E-state index in [9.17, 15) is 9.90 Å². The van der Waals surface area contributed by atoms with Gasteiger partial charge in [0.2, 0.25) is 5.91 Å². The lowest BCUT2D eigenvalue weighted by atomic mass is 9.93. The summed E-state index contributed by atoms with van der Waals surface area (Å²) in [6.07, 6.45) is 4.97. The Hall–Kier alpha value is -2.05. The maximum Gasteiger partial charge on any atom is 0.220 e. The predicted molar refractivity (Wildman–Crippen MR) is 91.8 cm³/mol. The van der Waals surface area contributed by atoms with Gasteiger partial charge in [0.05, 0.1) is 12.2 Å². The van der Waals surface area contributed by atoms with Crippen LogP contribution in [0.2, 0.25) is 5.02 Å². The van der Waals surface area contributed by atoms with Gasteiger partial charge in [0, 0.05) is 47.9 Å². The van der Waals surface area contributed by atoms with Crippen LogP contribution in [0.4, 0.5) is 0 Å². The van der Waals surface area contributed by atoms with Gasteiger partial charge in [0.15, 0.2) is 0 Å². The molecule has 24 heavy (non-hydrogen) atoms. The predicted octanol–water partition coefficient (Wildman–Crippen LogP) is 2.37. The lowest BCUT2D eigenvalue weighted by Crippen LogP contribution is -2.48. The van der Waals surface area contributed by atoms with E-state index >= 15 is 0 Å². The molecule has 0 unspecified atom stereocenters. The van der Waals surface area contributed by atoms with Crippen molar-refractivity contribution in [2.24, 2.45) is 0 Å². The second-order valence-corrected chi connectivity index (χ2v) is 6.41. The van der Waals surface area contributed by atoms with Crippen LogP contribution >= 0.6 is 11.6 Å². The lowest BCUT2D eigenvalue weighted by molar-refractivity contribution is -0.123. The summed E-state index contributed by atoms with van der Waals surface area (Å²) in [6, 6.07) is 4.92. The number of aryl methyl sites for hydroxylation is 1. The van der Waals surface area contributed by atoms with Crippen LogP contribution in [0.25, 0.3) is 0 Å². The van der Waals surface area contributed by atoms with Gasteiger partial charge in [-0.1, -0.05) is 11.6 Å². The second kappa shape index (κ2) is 7.23. The van der Waals surface area contributed by atoms with Crippen molar-refractivity contribution in [2.75, 3.05) is 0 Å². The zero-order chi connectivity index (χ0) is 17.1. The Kier molecular flexibility index (Phi) is 5.06. The number of phenolic OH excluding ortho intramolecular Hbond substituents is 1. The SMILES string of the molecule is CCn1cc([C@@H]2NC(=O)CC[C@H]2NCc2cc(Cl)ccc2O)cn1. The van der Waals surface area contributed by atoms with Crippen LogP contribution in [0.15, 0.2) is 30.6 Å². The Labute approximate surface area is 145 Å². The molecule has 1 amide bonds. The van der Waals surface area contributed by atoms with Crippen LogP contribution in [-0.2, 0) is 17.9 Å². The third-order valence-electron chi connectivity index (χ3n) is 4.33. The van der Waals surface area contributed by atoms with E-state index in [1.54, 1.807) is 24.4 Å². The number of hydrogen-bond acceptors (Lipinski definition) is 4. The number of piperidine rings is 1. The first kappa shape index (κ1) is 16.8. The highest BCUT2D eigenvalue weighted by atomic mass is 35.5. The van der Waals surface area contributed by atoms with E-state index in [1.807, 2.05) is 17.8 Å². The number of phenols is 1. The highest BCUT2D eigenvalue weighted by Gasteiger charge is 2.30. The normalized spacial score (nSPS) is 20.8. The molecule has 3 rings (SSSR count). The summed E-state index contributed by atoms with van der Waals surface area (Å²) in [4.78, 5) is 11.8. The first-order chi connectivity index (χ1) is 11.6. The molecule has 0 bridgehead atoms. The number of benzene rings is 1. The molecule has 1 aliphatic heterocycles. The maximum atomic E-state index is 11.8. The van der Waals surface area contributed by atoms with E-state index in [2.05, 4.69) is 15.7 Å². The summed E-state index contributed by atoms with van der Waals surface area (Å²) in [7, 11) is 0. The Bertz CT molecular complexity index is 731. The summed E-state index contributed by atoms with van der Waals surface area (Å²) in [5.74, 6) is 0.259. The Balaban J connectivity index is 1.74. The van der Waals surface area contributed by atoms with Gasteiger partial charge >= 0.3 is 0 Å². The Morgan fingerprint density at radius 1 is 1.50 bits per heavy atom. The third kappa shape index (κ3) is 3.71. The topological polar surface area (TPSA) is 79.2 Å². The van der Waals surface area contributed by atoms with Crippen molar-refractivity contribution < 1.29 is 9.90 Å². The van der Waals surface area contributed by atoms with E-state index in [-0.39, 0.29) is 23.7 Å². The molecule has 2 atom stereocenters. The van der Waals surface area contributed by atoms with Crippen LogP contribution in [0.5, 0.6) is 5.75 Å². The number of nitrogens with one attached hydrogen (secondary N) is 2. The maximum absolute atomic E-state index is 11.8. The second-order valence-electron chi connectivity index (χ2n) is 5.97. The van der Waals surface area contributed by atoms with E-state index in [0.29, 0.717) is 18.0 Å². The van der Waals surface area contributed by atoms with E-state index in [4.69, 9.17) is 11.6 Å². The molecule has 0 saturated carbocycles. The molecule has 128 valence electrons. The summed E-state index contributed by atoms with van der Waals surface area (Å²) in [6.45, 7) is 3.29. The Morgan fingerprint density at radius 3 is 3.08 bits per heavy atom. The quantitative estimate of drug-likeness (QED) is 0.775. The third-order valence-corrected chi connectivity index (χ3v) is 4.57. The van der Waals surface area contributed by atoms with E-state index in [1.165, 1.54) is 0 Å². The first-order valence-corrected chi connectivity index (χ1v) is 8.47. The standard InChI is InChI=1S/C17H21ClN4O2/c1-2-22-10-12(9-20-22)17-14(4-6-16(24)21-17)19-8-11-7-13(18)3-5-15(11)23/h3,5,7,9-10,14,17,19,23H,2,4,6,8H2,1H3,(H,21,24)/t14-,17+/m1/s1. The fourth-order valence-electron chi connectivity index (χ4n) is 2.98. The van der Waals surface area contributed by atoms with Gasteiger partial charge in [-0.3, -0.25) is 9.48 Å². The fraction of sp³-hybridized carbons (Fsp3) is 0.412. The molecule has 1 aliphatic rings. The summed E-state index contributed by atoms with van der Waals surface area (Å²) in [5, 5.41) is 21.3. The van der Waals surface area contributed by atoms with Gasteiger partial charge in [-0.25, -0.2) is 0 Å². The summed E-state index contributed by atoms with van der Waals surface area (Å²) < 4.78 is 1.84. The molecule has 2 heterocycles.